The maximum absolute atomic E-state index is 12.9. The normalized spacial score (nSPS) is 10.6. The van der Waals surface area contributed by atoms with Crippen molar-refractivity contribution in [1.29, 1.82) is 0 Å². The molecular weight excluding hydrogens is 415 g/mol. The molecule has 0 atom stereocenters. The van der Waals surface area contributed by atoms with Gasteiger partial charge in [0.1, 0.15) is 5.82 Å². The molecular formula is C20H14Cl2N4OS. The summed E-state index contributed by atoms with van der Waals surface area (Å²) < 4.78 is 1.35. The highest BCUT2D eigenvalue weighted by Gasteiger charge is 2.17. The number of anilines is 4. The third kappa shape index (κ3) is 4.20. The Balaban J connectivity index is 1.67. The first-order valence-electron chi connectivity index (χ1n) is 8.32. The van der Waals surface area contributed by atoms with Gasteiger partial charge >= 0.3 is 0 Å². The average molecular weight is 429 g/mol. The lowest BCUT2D eigenvalue weighted by atomic mass is 10.3. The van der Waals surface area contributed by atoms with Crippen LogP contribution in [0.4, 0.5) is 23.0 Å². The zero-order valence-electron chi connectivity index (χ0n) is 14.4. The first kappa shape index (κ1) is 18.6. The Hall–Kier alpha value is -2.80. The minimum atomic E-state index is -0.212. The van der Waals surface area contributed by atoms with Crippen LogP contribution >= 0.6 is 34.5 Å². The van der Waals surface area contributed by atoms with Crippen molar-refractivity contribution >= 4 is 63.5 Å². The zero-order chi connectivity index (χ0) is 19.5. The molecule has 2 heterocycles. The van der Waals surface area contributed by atoms with E-state index in [0.717, 1.165) is 11.4 Å². The summed E-state index contributed by atoms with van der Waals surface area (Å²) >= 11 is 13.3. The molecule has 4 aromatic rings. The fraction of sp³-hybridized carbons (Fsp3) is 0. The quantitative estimate of drug-likeness (QED) is 0.384. The van der Waals surface area contributed by atoms with Crippen molar-refractivity contribution in [3.63, 3.8) is 0 Å². The molecule has 5 nitrogen and oxygen atoms in total. The largest absolute Gasteiger partial charge is 0.340 e. The van der Waals surface area contributed by atoms with Gasteiger partial charge in [-0.25, -0.2) is 0 Å². The number of hydrogen-bond acceptors (Lipinski definition) is 5. The molecule has 0 unspecified atom stereocenters. The van der Waals surface area contributed by atoms with Gasteiger partial charge in [0, 0.05) is 27.5 Å². The Labute approximate surface area is 175 Å². The number of aromatic nitrogens is 2. The van der Waals surface area contributed by atoms with Crippen LogP contribution in [0.25, 0.3) is 0 Å². The monoisotopic (exact) mass is 428 g/mol. The lowest BCUT2D eigenvalue weighted by molar-refractivity contribution is 0.0952. The summed E-state index contributed by atoms with van der Waals surface area (Å²) in [6, 6.07) is 19.8. The SMILES string of the molecule is O=C(c1cccs1)n1nc(Nc2ccc(Cl)cc2)cc1Nc1ccc(Cl)cc1. The molecule has 0 fully saturated rings. The van der Waals surface area contributed by atoms with Gasteiger partial charge in [-0.2, -0.15) is 4.68 Å². The fourth-order valence-electron chi connectivity index (χ4n) is 2.55. The Morgan fingerprint density at radius 2 is 1.50 bits per heavy atom. The number of carbonyl (C=O) groups excluding carboxylic acids is 1. The molecule has 8 heteroatoms. The van der Waals surface area contributed by atoms with Crippen LogP contribution in [0.5, 0.6) is 0 Å². The predicted molar refractivity (Wildman–Crippen MR) is 116 cm³/mol. The first-order chi connectivity index (χ1) is 13.6. The van der Waals surface area contributed by atoms with E-state index < -0.39 is 0 Å². The van der Waals surface area contributed by atoms with E-state index in [1.165, 1.54) is 16.0 Å². The third-order valence-corrected chi connectivity index (χ3v) is 5.23. The van der Waals surface area contributed by atoms with E-state index in [1.807, 2.05) is 35.7 Å². The van der Waals surface area contributed by atoms with E-state index in [4.69, 9.17) is 23.2 Å². The van der Waals surface area contributed by atoms with Gasteiger partial charge in [-0.15, -0.1) is 16.4 Å². The maximum atomic E-state index is 12.9. The molecule has 0 amide bonds. The van der Waals surface area contributed by atoms with E-state index in [9.17, 15) is 4.79 Å². The van der Waals surface area contributed by atoms with Gasteiger partial charge in [0.15, 0.2) is 5.82 Å². The van der Waals surface area contributed by atoms with Gasteiger partial charge in [-0.3, -0.25) is 4.79 Å². The third-order valence-electron chi connectivity index (χ3n) is 3.87. The summed E-state index contributed by atoms with van der Waals surface area (Å²) in [4.78, 5) is 13.5. The summed E-state index contributed by atoms with van der Waals surface area (Å²) in [5, 5.41) is 14.0. The molecule has 140 valence electrons. The highest BCUT2D eigenvalue weighted by Crippen LogP contribution is 2.26. The molecule has 0 spiro atoms. The van der Waals surface area contributed by atoms with Crippen LogP contribution in [0, 0.1) is 0 Å². The van der Waals surface area contributed by atoms with E-state index in [0.29, 0.717) is 26.6 Å². The van der Waals surface area contributed by atoms with Crippen LogP contribution in [0.1, 0.15) is 9.67 Å². The van der Waals surface area contributed by atoms with Crippen LogP contribution in [0.15, 0.2) is 72.1 Å². The van der Waals surface area contributed by atoms with Crippen LogP contribution in [0.2, 0.25) is 10.0 Å². The minimum absolute atomic E-state index is 0.212. The molecule has 0 aliphatic rings. The van der Waals surface area contributed by atoms with Gasteiger partial charge in [-0.1, -0.05) is 29.3 Å². The van der Waals surface area contributed by atoms with Gasteiger partial charge in [0.25, 0.3) is 5.91 Å². The van der Waals surface area contributed by atoms with Crippen molar-refractivity contribution in [1.82, 2.24) is 9.78 Å². The van der Waals surface area contributed by atoms with E-state index in [1.54, 1.807) is 36.4 Å². The van der Waals surface area contributed by atoms with Gasteiger partial charge in [0.2, 0.25) is 0 Å². The summed E-state index contributed by atoms with van der Waals surface area (Å²) in [6.45, 7) is 0. The van der Waals surface area contributed by atoms with Crippen molar-refractivity contribution in [2.45, 2.75) is 0 Å². The van der Waals surface area contributed by atoms with Crippen molar-refractivity contribution in [3.05, 3.63) is 87.0 Å². The van der Waals surface area contributed by atoms with Crippen molar-refractivity contribution in [2.75, 3.05) is 10.6 Å². The number of hydrogen-bond donors (Lipinski definition) is 2. The molecule has 2 aromatic heterocycles. The van der Waals surface area contributed by atoms with Crippen molar-refractivity contribution in [2.24, 2.45) is 0 Å². The van der Waals surface area contributed by atoms with Crippen LogP contribution in [-0.4, -0.2) is 15.7 Å². The standard InChI is InChI=1S/C20H14Cl2N4OS/c21-13-3-7-15(8-4-13)23-18-12-19(24-16-9-5-14(22)6-10-16)26(25-18)20(27)17-2-1-11-28-17/h1-12,24H,(H,23,25). The topological polar surface area (TPSA) is 59.0 Å². The first-order valence-corrected chi connectivity index (χ1v) is 9.95. The Morgan fingerprint density at radius 3 is 2.07 bits per heavy atom. The van der Waals surface area contributed by atoms with Crippen molar-refractivity contribution in [3.8, 4) is 0 Å². The summed E-state index contributed by atoms with van der Waals surface area (Å²) in [6.07, 6.45) is 0. The van der Waals surface area contributed by atoms with E-state index in [-0.39, 0.29) is 5.91 Å². The number of nitrogens with zero attached hydrogens (tertiary/aromatic N) is 2. The van der Waals surface area contributed by atoms with Gasteiger partial charge in [-0.05, 0) is 60.0 Å². The van der Waals surface area contributed by atoms with E-state index >= 15 is 0 Å². The van der Waals surface area contributed by atoms with Crippen LogP contribution < -0.4 is 10.6 Å². The fourth-order valence-corrected chi connectivity index (χ4v) is 3.45. The predicted octanol–water partition coefficient (Wildman–Crippen LogP) is 6.43. The Kier molecular flexibility index (Phi) is 5.34. The number of benzene rings is 2. The molecule has 0 aliphatic heterocycles. The van der Waals surface area contributed by atoms with Crippen LogP contribution in [0.3, 0.4) is 0 Å². The lowest BCUT2D eigenvalue weighted by Gasteiger charge is -2.07. The van der Waals surface area contributed by atoms with Crippen molar-refractivity contribution < 1.29 is 4.79 Å². The Bertz CT molecular complexity index is 1090. The smallest absolute Gasteiger partial charge is 0.290 e. The molecule has 0 saturated carbocycles. The molecule has 28 heavy (non-hydrogen) atoms. The molecule has 0 saturated heterocycles. The van der Waals surface area contributed by atoms with Gasteiger partial charge < -0.3 is 10.6 Å². The molecule has 0 bridgehead atoms. The molecule has 0 radical (unpaired) electrons. The number of thiophene rings is 1. The highest BCUT2D eigenvalue weighted by molar-refractivity contribution is 7.12. The second-order valence-corrected chi connectivity index (χ2v) is 7.69. The summed E-state index contributed by atoms with van der Waals surface area (Å²) in [5.74, 6) is 0.858. The molecule has 0 aliphatic carbocycles. The summed E-state index contributed by atoms with van der Waals surface area (Å²) in [7, 11) is 0. The molecule has 2 aromatic carbocycles. The number of rotatable bonds is 5. The average Bonchev–Trinajstić information content (AvgIpc) is 3.35. The Morgan fingerprint density at radius 1 is 0.893 bits per heavy atom. The van der Waals surface area contributed by atoms with Crippen LogP contribution in [-0.2, 0) is 0 Å². The van der Waals surface area contributed by atoms with Gasteiger partial charge in [0.05, 0.1) is 4.88 Å². The highest BCUT2D eigenvalue weighted by atomic mass is 35.5. The maximum Gasteiger partial charge on any atom is 0.290 e. The summed E-state index contributed by atoms with van der Waals surface area (Å²) in [5.41, 5.74) is 1.61. The zero-order valence-corrected chi connectivity index (χ0v) is 16.7. The number of halogens is 2. The second kappa shape index (κ2) is 8.06. The second-order valence-electron chi connectivity index (χ2n) is 5.87. The van der Waals surface area contributed by atoms with E-state index in [2.05, 4.69) is 15.7 Å². The number of nitrogens with one attached hydrogen (secondary N) is 2. The lowest BCUT2D eigenvalue weighted by Crippen LogP contribution is -2.14. The minimum Gasteiger partial charge on any atom is -0.340 e. The molecule has 2 N–H and O–H groups in total. The molecule has 4 rings (SSSR count). The number of carbonyl (C=O) groups is 1.